The number of amidine groups is 1. The minimum Gasteiger partial charge on any atom is -0.348 e. The average Bonchev–Trinajstić information content (AvgIpc) is 3.11. The Labute approximate surface area is 135 Å². The zero-order chi connectivity index (χ0) is 15.7. The van der Waals surface area contributed by atoms with Gasteiger partial charge in [0, 0.05) is 24.9 Å². The first-order chi connectivity index (χ1) is 10.6. The first-order valence-electron chi connectivity index (χ1n) is 7.78. The molecule has 0 N–H and O–H groups in total. The molecule has 1 aliphatic heterocycles. The van der Waals surface area contributed by atoms with Gasteiger partial charge in [-0.2, -0.15) is 0 Å². The Balaban J connectivity index is 1.90. The van der Waals surface area contributed by atoms with Crippen molar-refractivity contribution in [3.63, 3.8) is 0 Å². The molecule has 6 heteroatoms. The van der Waals surface area contributed by atoms with Gasteiger partial charge in [0.15, 0.2) is 5.17 Å². The Hall–Kier alpha value is -1.56. The highest BCUT2D eigenvalue weighted by atomic mass is 32.2. The van der Waals surface area contributed by atoms with Gasteiger partial charge in [0.05, 0.1) is 16.1 Å². The Morgan fingerprint density at radius 2 is 2.14 bits per heavy atom. The smallest absolute Gasteiger partial charge is 0.269 e. The summed E-state index contributed by atoms with van der Waals surface area (Å²) >= 11 is 1.81. The number of thioether (sulfide) groups is 1. The number of benzene rings is 1. The maximum atomic E-state index is 10.9. The highest BCUT2D eigenvalue weighted by molar-refractivity contribution is 8.14. The topological polar surface area (TPSA) is 58.7 Å². The second-order valence-corrected chi connectivity index (χ2v) is 7.04. The minimum absolute atomic E-state index is 0.139. The fourth-order valence-electron chi connectivity index (χ4n) is 3.40. The Kier molecular flexibility index (Phi) is 4.12. The van der Waals surface area contributed by atoms with Crippen molar-refractivity contribution in [2.24, 2.45) is 4.99 Å². The number of hydrogen-bond donors (Lipinski definition) is 0. The van der Waals surface area contributed by atoms with Crippen LogP contribution in [0.3, 0.4) is 0 Å². The molecule has 1 aromatic rings. The third-order valence-electron chi connectivity index (χ3n) is 4.87. The molecule has 22 heavy (non-hydrogen) atoms. The van der Waals surface area contributed by atoms with Crippen molar-refractivity contribution < 1.29 is 4.92 Å². The van der Waals surface area contributed by atoms with Gasteiger partial charge in [-0.05, 0) is 30.9 Å². The van der Waals surface area contributed by atoms with Gasteiger partial charge >= 0.3 is 0 Å². The van der Waals surface area contributed by atoms with Crippen LogP contribution in [-0.2, 0) is 6.42 Å². The average molecular weight is 319 g/mol. The first kappa shape index (κ1) is 15.3. The molecule has 1 aromatic carbocycles. The van der Waals surface area contributed by atoms with E-state index in [1.807, 2.05) is 18.7 Å². The van der Waals surface area contributed by atoms with Crippen LogP contribution in [0.5, 0.6) is 0 Å². The number of nitro groups is 1. The summed E-state index contributed by atoms with van der Waals surface area (Å²) in [6.07, 6.45) is 5.84. The summed E-state index contributed by atoms with van der Waals surface area (Å²) in [7, 11) is 2.14. The van der Waals surface area contributed by atoms with Crippen LogP contribution in [0.4, 0.5) is 11.4 Å². The van der Waals surface area contributed by atoms with Crippen molar-refractivity contribution in [1.29, 1.82) is 0 Å². The molecule has 2 fully saturated rings. The fourth-order valence-corrected chi connectivity index (χ4v) is 4.83. The van der Waals surface area contributed by atoms with Crippen LogP contribution in [0.1, 0.15) is 38.2 Å². The largest absolute Gasteiger partial charge is 0.348 e. The molecule has 1 heterocycles. The third kappa shape index (κ3) is 2.60. The number of nitrogens with zero attached hydrogens (tertiary/aromatic N) is 3. The number of aliphatic imine (C=N–C) groups is 1. The molecule has 1 saturated carbocycles. The van der Waals surface area contributed by atoms with Crippen molar-refractivity contribution >= 4 is 28.3 Å². The van der Waals surface area contributed by atoms with Gasteiger partial charge in [0.25, 0.3) is 5.69 Å². The summed E-state index contributed by atoms with van der Waals surface area (Å²) in [5.41, 5.74) is 2.22. The van der Waals surface area contributed by atoms with Crippen LogP contribution in [0.15, 0.2) is 23.2 Å². The van der Waals surface area contributed by atoms with E-state index in [1.165, 1.54) is 25.7 Å². The van der Waals surface area contributed by atoms with Gasteiger partial charge in [0.2, 0.25) is 0 Å². The Bertz CT molecular complexity index is 624. The van der Waals surface area contributed by atoms with Crippen LogP contribution >= 0.6 is 11.8 Å². The second-order valence-electron chi connectivity index (χ2n) is 6.10. The Morgan fingerprint density at radius 3 is 2.77 bits per heavy atom. The van der Waals surface area contributed by atoms with Crippen LogP contribution < -0.4 is 0 Å². The summed E-state index contributed by atoms with van der Waals surface area (Å²) < 4.78 is 0. The standard InChI is InChI=1S/C16H21N3O2S/c1-3-12-10-13(19(20)21)6-7-14(12)17-15-18(2)16(11-22-15)8-4-5-9-16/h6-7,10H,3-5,8-9,11H2,1-2H3. The first-order valence-corrected chi connectivity index (χ1v) is 8.77. The van der Waals surface area contributed by atoms with Gasteiger partial charge in [0.1, 0.15) is 0 Å². The molecular weight excluding hydrogens is 298 g/mol. The van der Waals surface area contributed by atoms with Crippen LogP contribution in [-0.4, -0.2) is 33.3 Å². The van der Waals surface area contributed by atoms with Crippen LogP contribution in [0.2, 0.25) is 0 Å². The molecule has 2 aliphatic rings. The zero-order valence-corrected chi connectivity index (χ0v) is 13.9. The lowest BCUT2D eigenvalue weighted by Crippen LogP contribution is -2.42. The van der Waals surface area contributed by atoms with Gasteiger partial charge in [-0.25, -0.2) is 4.99 Å². The van der Waals surface area contributed by atoms with E-state index in [-0.39, 0.29) is 16.1 Å². The summed E-state index contributed by atoms with van der Waals surface area (Å²) in [6, 6.07) is 4.96. The number of nitro benzene ring substituents is 1. The second kappa shape index (κ2) is 5.91. The molecule has 1 aliphatic carbocycles. The predicted octanol–water partition coefficient (Wildman–Crippen LogP) is 4.14. The molecule has 118 valence electrons. The molecule has 0 aromatic heterocycles. The minimum atomic E-state index is -0.347. The lowest BCUT2D eigenvalue weighted by Gasteiger charge is -2.32. The normalized spacial score (nSPS) is 21.9. The van der Waals surface area contributed by atoms with Gasteiger partial charge in [-0.15, -0.1) is 0 Å². The summed E-state index contributed by atoms with van der Waals surface area (Å²) in [6.45, 7) is 2.01. The SMILES string of the molecule is CCc1cc([N+](=O)[O-])ccc1N=C1SCC2(CCCC2)N1C. The molecular formula is C16H21N3O2S. The number of hydrogen-bond acceptors (Lipinski definition) is 4. The van der Waals surface area contributed by atoms with Crippen molar-refractivity contribution in [1.82, 2.24) is 4.90 Å². The van der Waals surface area contributed by atoms with Crippen molar-refractivity contribution in [3.8, 4) is 0 Å². The molecule has 0 bridgehead atoms. The molecule has 0 amide bonds. The van der Waals surface area contributed by atoms with Gasteiger partial charge in [-0.3, -0.25) is 10.1 Å². The van der Waals surface area contributed by atoms with Crippen molar-refractivity contribution in [2.45, 2.75) is 44.6 Å². The lowest BCUT2D eigenvalue weighted by molar-refractivity contribution is -0.384. The zero-order valence-electron chi connectivity index (χ0n) is 13.0. The molecule has 5 nitrogen and oxygen atoms in total. The van der Waals surface area contributed by atoms with Crippen LogP contribution in [0.25, 0.3) is 0 Å². The van der Waals surface area contributed by atoms with E-state index in [0.717, 1.165) is 28.6 Å². The highest BCUT2D eigenvalue weighted by Crippen LogP contribution is 2.44. The Morgan fingerprint density at radius 1 is 1.41 bits per heavy atom. The number of aryl methyl sites for hydroxylation is 1. The maximum absolute atomic E-state index is 10.9. The van der Waals surface area contributed by atoms with E-state index in [1.54, 1.807) is 18.2 Å². The van der Waals surface area contributed by atoms with E-state index in [9.17, 15) is 10.1 Å². The summed E-state index contributed by atoms with van der Waals surface area (Å²) in [5, 5.41) is 12.0. The quantitative estimate of drug-likeness (QED) is 0.620. The molecule has 0 radical (unpaired) electrons. The van der Waals surface area contributed by atoms with Crippen LogP contribution in [0, 0.1) is 10.1 Å². The van der Waals surface area contributed by atoms with Crippen molar-refractivity contribution in [2.75, 3.05) is 12.8 Å². The molecule has 0 atom stereocenters. The fraction of sp³-hybridized carbons (Fsp3) is 0.562. The van der Waals surface area contributed by atoms with Gasteiger partial charge in [-0.1, -0.05) is 31.5 Å². The molecule has 3 rings (SSSR count). The van der Waals surface area contributed by atoms with E-state index in [4.69, 9.17) is 4.99 Å². The van der Waals surface area contributed by atoms with Gasteiger partial charge < -0.3 is 4.90 Å². The monoisotopic (exact) mass is 319 g/mol. The third-order valence-corrected chi connectivity index (χ3v) is 6.18. The van der Waals surface area contributed by atoms with Crippen molar-refractivity contribution in [3.05, 3.63) is 33.9 Å². The molecule has 0 unspecified atom stereocenters. The summed E-state index contributed by atoms with van der Waals surface area (Å²) in [5.74, 6) is 1.11. The molecule has 1 saturated heterocycles. The maximum Gasteiger partial charge on any atom is 0.269 e. The van der Waals surface area contributed by atoms with E-state index < -0.39 is 0 Å². The van der Waals surface area contributed by atoms with E-state index in [2.05, 4.69) is 11.9 Å². The summed E-state index contributed by atoms with van der Waals surface area (Å²) in [4.78, 5) is 17.7. The van der Waals surface area contributed by atoms with E-state index >= 15 is 0 Å². The number of non-ortho nitro benzene ring substituents is 1. The van der Waals surface area contributed by atoms with E-state index in [0.29, 0.717) is 0 Å². The molecule has 1 spiro atoms. The predicted molar refractivity (Wildman–Crippen MR) is 91.0 cm³/mol. The highest BCUT2D eigenvalue weighted by Gasteiger charge is 2.44. The number of rotatable bonds is 3. The lowest BCUT2D eigenvalue weighted by atomic mass is 9.99.